The molecule has 0 aromatic carbocycles. The second-order valence-electron chi connectivity index (χ2n) is 3.52. The molecule has 0 aliphatic carbocycles. The second kappa shape index (κ2) is 3.73. The van der Waals surface area contributed by atoms with Crippen LogP contribution in [0.25, 0.3) is 11.5 Å². The third kappa shape index (κ3) is 2.15. The Morgan fingerprint density at radius 3 is 2.87 bits per heavy atom. The van der Waals surface area contributed by atoms with Crippen molar-refractivity contribution in [3.8, 4) is 11.5 Å². The van der Waals surface area contributed by atoms with Crippen LogP contribution in [-0.4, -0.2) is 15.6 Å². The molecule has 15 heavy (non-hydrogen) atoms. The minimum Gasteiger partial charge on any atom is -0.459 e. The monoisotopic (exact) mass is 204 g/mol. The van der Waals surface area contributed by atoms with E-state index in [-0.39, 0.29) is 5.78 Å². The molecule has 0 amide bonds. The van der Waals surface area contributed by atoms with Crippen LogP contribution in [0, 0.1) is 0 Å². The van der Waals surface area contributed by atoms with Gasteiger partial charge in [0, 0.05) is 13.2 Å². The number of furan rings is 1. The number of nitrogens with zero attached hydrogens (tertiary/aromatic N) is 2. The van der Waals surface area contributed by atoms with Crippen LogP contribution in [0.2, 0.25) is 0 Å². The summed E-state index contributed by atoms with van der Waals surface area (Å²) in [5.74, 6) is 1.48. The third-order valence-electron chi connectivity index (χ3n) is 2.05. The Balaban J connectivity index is 2.23. The predicted molar refractivity (Wildman–Crippen MR) is 55.3 cm³/mol. The number of aryl methyl sites for hydroxylation is 1. The van der Waals surface area contributed by atoms with Crippen LogP contribution in [0.4, 0.5) is 0 Å². The molecule has 2 rings (SSSR count). The normalized spacial score (nSPS) is 10.5. The van der Waals surface area contributed by atoms with Crippen molar-refractivity contribution in [1.82, 2.24) is 9.78 Å². The molecule has 0 aliphatic rings. The van der Waals surface area contributed by atoms with Crippen LogP contribution in [0.3, 0.4) is 0 Å². The highest BCUT2D eigenvalue weighted by Crippen LogP contribution is 2.20. The maximum Gasteiger partial charge on any atom is 0.154 e. The van der Waals surface area contributed by atoms with E-state index in [1.54, 1.807) is 11.6 Å². The number of carbonyl (C=O) groups is 1. The third-order valence-corrected chi connectivity index (χ3v) is 2.05. The van der Waals surface area contributed by atoms with Gasteiger partial charge in [0.05, 0.1) is 6.42 Å². The Kier molecular flexibility index (Phi) is 2.41. The molecule has 0 saturated heterocycles. The number of ketones is 1. The van der Waals surface area contributed by atoms with E-state index in [1.807, 2.05) is 31.4 Å². The molecule has 0 radical (unpaired) electrons. The lowest BCUT2D eigenvalue weighted by Gasteiger charge is -1.91. The molecule has 2 aromatic rings. The van der Waals surface area contributed by atoms with Gasteiger partial charge in [-0.1, -0.05) is 0 Å². The largest absolute Gasteiger partial charge is 0.459 e. The molecule has 0 bridgehead atoms. The summed E-state index contributed by atoms with van der Waals surface area (Å²) in [6.45, 7) is 1.54. The first-order chi connectivity index (χ1) is 7.15. The Morgan fingerprint density at radius 1 is 1.47 bits per heavy atom. The zero-order chi connectivity index (χ0) is 10.8. The molecule has 78 valence electrons. The first-order valence-electron chi connectivity index (χ1n) is 4.73. The van der Waals surface area contributed by atoms with Gasteiger partial charge in [0.2, 0.25) is 0 Å². The molecular weight excluding hydrogens is 192 g/mol. The molecule has 4 heteroatoms. The van der Waals surface area contributed by atoms with Crippen molar-refractivity contribution < 1.29 is 9.21 Å². The minimum absolute atomic E-state index is 0.0944. The van der Waals surface area contributed by atoms with Crippen molar-refractivity contribution in [3.05, 3.63) is 30.2 Å². The van der Waals surface area contributed by atoms with E-state index >= 15 is 0 Å². The average Bonchev–Trinajstić information content (AvgIpc) is 2.72. The van der Waals surface area contributed by atoms with Gasteiger partial charge in [-0.3, -0.25) is 9.48 Å². The lowest BCUT2D eigenvalue weighted by Crippen LogP contribution is -1.93. The molecule has 0 unspecified atom stereocenters. The zero-order valence-electron chi connectivity index (χ0n) is 8.73. The summed E-state index contributed by atoms with van der Waals surface area (Å²) in [6.07, 6.45) is 2.19. The van der Waals surface area contributed by atoms with Crippen molar-refractivity contribution in [2.24, 2.45) is 7.05 Å². The van der Waals surface area contributed by atoms with Crippen LogP contribution >= 0.6 is 0 Å². The maximum atomic E-state index is 10.9. The van der Waals surface area contributed by atoms with Crippen LogP contribution in [-0.2, 0) is 18.3 Å². The molecule has 2 aromatic heterocycles. The molecule has 2 heterocycles. The standard InChI is InChI=1S/C11H12N2O2/c1-8(14)7-9-3-4-11(15-9)10-5-6-13(2)12-10/h3-6H,7H2,1-2H3. The van der Waals surface area contributed by atoms with Gasteiger partial charge in [-0.25, -0.2) is 0 Å². The highest BCUT2D eigenvalue weighted by molar-refractivity contribution is 5.77. The average molecular weight is 204 g/mol. The molecule has 0 aliphatic heterocycles. The Labute approximate surface area is 87.5 Å². The number of aromatic nitrogens is 2. The lowest BCUT2D eigenvalue weighted by atomic mass is 10.2. The summed E-state index contributed by atoms with van der Waals surface area (Å²) < 4.78 is 7.21. The van der Waals surface area contributed by atoms with Gasteiger partial charge in [-0.05, 0) is 25.1 Å². The topological polar surface area (TPSA) is 48.0 Å². The van der Waals surface area contributed by atoms with Gasteiger partial charge < -0.3 is 4.42 Å². The molecule has 4 nitrogen and oxygen atoms in total. The van der Waals surface area contributed by atoms with Gasteiger partial charge in [0.1, 0.15) is 17.2 Å². The number of hydrogen-bond donors (Lipinski definition) is 0. The molecule has 0 N–H and O–H groups in total. The first-order valence-corrected chi connectivity index (χ1v) is 4.73. The molecule has 0 atom stereocenters. The molecule has 0 spiro atoms. The van der Waals surface area contributed by atoms with Crippen molar-refractivity contribution in [2.75, 3.05) is 0 Å². The van der Waals surface area contributed by atoms with Gasteiger partial charge in [-0.2, -0.15) is 5.10 Å². The number of Topliss-reactive ketones (excluding diaryl/α,β-unsaturated/α-hetero) is 1. The quantitative estimate of drug-likeness (QED) is 0.766. The number of carbonyl (C=O) groups excluding carboxylic acids is 1. The van der Waals surface area contributed by atoms with Crippen molar-refractivity contribution in [2.45, 2.75) is 13.3 Å². The summed E-state index contributed by atoms with van der Waals surface area (Å²) in [4.78, 5) is 10.9. The van der Waals surface area contributed by atoms with E-state index in [0.717, 1.165) is 5.69 Å². The minimum atomic E-state index is 0.0944. The summed E-state index contributed by atoms with van der Waals surface area (Å²) in [5.41, 5.74) is 0.785. The summed E-state index contributed by atoms with van der Waals surface area (Å²) >= 11 is 0. The summed E-state index contributed by atoms with van der Waals surface area (Å²) in [7, 11) is 1.85. The van der Waals surface area contributed by atoms with E-state index in [1.165, 1.54) is 0 Å². The second-order valence-corrected chi connectivity index (χ2v) is 3.52. The van der Waals surface area contributed by atoms with Crippen LogP contribution in [0.5, 0.6) is 0 Å². The Morgan fingerprint density at radius 2 is 2.27 bits per heavy atom. The van der Waals surface area contributed by atoms with E-state index in [2.05, 4.69) is 5.10 Å². The maximum absolute atomic E-state index is 10.9. The van der Waals surface area contributed by atoms with E-state index in [4.69, 9.17) is 4.42 Å². The van der Waals surface area contributed by atoms with Crippen molar-refractivity contribution in [1.29, 1.82) is 0 Å². The van der Waals surface area contributed by atoms with Gasteiger partial charge in [0.15, 0.2) is 5.76 Å². The van der Waals surface area contributed by atoms with Gasteiger partial charge in [-0.15, -0.1) is 0 Å². The fourth-order valence-corrected chi connectivity index (χ4v) is 1.40. The van der Waals surface area contributed by atoms with Crippen LogP contribution in [0.1, 0.15) is 12.7 Å². The van der Waals surface area contributed by atoms with Crippen molar-refractivity contribution >= 4 is 5.78 Å². The zero-order valence-corrected chi connectivity index (χ0v) is 8.73. The molecular formula is C11H12N2O2. The lowest BCUT2D eigenvalue weighted by molar-refractivity contribution is -0.116. The summed E-state index contributed by atoms with van der Waals surface area (Å²) in [6, 6.07) is 5.52. The van der Waals surface area contributed by atoms with E-state index < -0.39 is 0 Å². The molecule has 0 fully saturated rings. The first kappa shape index (κ1) is 9.71. The highest BCUT2D eigenvalue weighted by atomic mass is 16.3. The number of rotatable bonds is 3. The SMILES string of the molecule is CC(=O)Cc1ccc(-c2ccn(C)n2)o1. The van der Waals surface area contributed by atoms with Crippen LogP contribution in [0.15, 0.2) is 28.8 Å². The van der Waals surface area contributed by atoms with Crippen molar-refractivity contribution in [3.63, 3.8) is 0 Å². The van der Waals surface area contributed by atoms with E-state index in [0.29, 0.717) is 17.9 Å². The fourth-order valence-electron chi connectivity index (χ4n) is 1.40. The Hall–Kier alpha value is -1.84. The van der Waals surface area contributed by atoms with Gasteiger partial charge >= 0.3 is 0 Å². The van der Waals surface area contributed by atoms with Crippen LogP contribution < -0.4 is 0 Å². The predicted octanol–water partition coefficient (Wildman–Crippen LogP) is 1.81. The molecule has 0 saturated carbocycles. The smallest absolute Gasteiger partial charge is 0.154 e. The highest BCUT2D eigenvalue weighted by Gasteiger charge is 2.08. The Bertz CT molecular complexity index is 482. The number of hydrogen-bond acceptors (Lipinski definition) is 3. The fraction of sp³-hybridized carbons (Fsp3) is 0.273. The van der Waals surface area contributed by atoms with Gasteiger partial charge in [0.25, 0.3) is 0 Å². The van der Waals surface area contributed by atoms with E-state index in [9.17, 15) is 4.79 Å². The summed E-state index contributed by atoms with van der Waals surface area (Å²) in [5, 5.41) is 4.21.